The van der Waals surface area contributed by atoms with E-state index in [1.54, 1.807) is 6.07 Å². The summed E-state index contributed by atoms with van der Waals surface area (Å²) in [6.07, 6.45) is 0. The van der Waals surface area contributed by atoms with Crippen LogP contribution >= 0.6 is 15.9 Å². The fourth-order valence-electron chi connectivity index (χ4n) is 1.18. The van der Waals surface area contributed by atoms with Crippen LogP contribution in [0.25, 0.3) is 0 Å². The summed E-state index contributed by atoms with van der Waals surface area (Å²) in [4.78, 5) is 9.97. The van der Waals surface area contributed by atoms with E-state index in [2.05, 4.69) is 15.9 Å². The van der Waals surface area contributed by atoms with Crippen molar-refractivity contribution in [3.63, 3.8) is 0 Å². The Balaban J connectivity index is 0.000000461. The minimum absolute atomic E-state index is 0.212. The van der Waals surface area contributed by atoms with E-state index in [4.69, 9.17) is 9.53 Å². The number of phenolic OH excluding ortho intramolecular Hbond substituents is 1. The van der Waals surface area contributed by atoms with Crippen LogP contribution in [0.3, 0.4) is 0 Å². The zero-order valence-corrected chi connectivity index (χ0v) is 9.24. The molecule has 1 aromatic carbocycles. The number of nitrogens with zero attached hydrogens (tertiary/aromatic N) is 1. The summed E-state index contributed by atoms with van der Waals surface area (Å²) in [7, 11) is 1.94. The van der Waals surface area contributed by atoms with E-state index in [0.29, 0.717) is 11.2 Å². The molecule has 76 valence electrons. The second kappa shape index (κ2) is 4.32. The highest BCUT2D eigenvalue weighted by atomic mass is 79.9. The molecular weight excluding hydrogens is 250 g/mol. The number of rotatable bonds is 0. The second-order valence-corrected chi connectivity index (χ2v) is 3.60. The zero-order valence-electron chi connectivity index (χ0n) is 7.66. The van der Waals surface area contributed by atoms with Crippen molar-refractivity contribution in [2.75, 3.05) is 18.7 Å². The molecule has 2 rings (SSSR count). The number of fused-ring (bicyclic) bond motifs is 1. The molecule has 0 amide bonds. The van der Waals surface area contributed by atoms with Crippen molar-refractivity contribution in [1.82, 2.24) is 0 Å². The third-order valence-electron chi connectivity index (χ3n) is 1.85. The van der Waals surface area contributed by atoms with Crippen LogP contribution in [0.2, 0.25) is 0 Å². The third-order valence-corrected chi connectivity index (χ3v) is 2.49. The lowest BCUT2D eigenvalue weighted by molar-refractivity contribution is -0.0979. The molecule has 0 saturated heterocycles. The maximum Gasteiger partial charge on any atom is 0.161 e. The van der Waals surface area contributed by atoms with E-state index >= 15 is 0 Å². The number of hydrogen-bond acceptors (Lipinski definition) is 4. The lowest BCUT2D eigenvalue weighted by Gasteiger charge is -2.07. The van der Waals surface area contributed by atoms with Crippen LogP contribution in [0.1, 0.15) is 0 Å². The predicted octanol–water partition coefficient (Wildman–Crippen LogP) is 1.76. The quantitative estimate of drug-likeness (QED) is 0.772. The minimum atomic E-state index is 0.212. The molecule has 0 atom stereocenters. The number of benzene rings is 1. The van der Waals surface area contributed by atoms with Gasteiger partial charge in [0.05, 0.1) is 10.2 Å². The van der Waals surface area contributed by atoms with Gasteiger partial charge in [0.2, 0.25) is 0 Å². The Labute approximate surface area is 90.2 Å². The maximum absolute atomic E-state index is 9.32. The molecule has 1 heterocycles. The van der Waals surface area contributed by atoms with Crippen molar-refractivity contribution < 1.29 is 14.6 Å². The SMILES string of the molecule is C=O.CN1COc2cc(O)c(Br)cc21. The van der Waals surface area contributed by atoms with Gasteiger partial charge in [-0.2, -0.15) is 0 Å². The molecule has 4 nitrogen and oxygen atoms in total. The highest BCUT2D eigenvalue weighted by Gasteiger charge is 2.18. The Hall–Kier alpha value is -1.23. The number of phenols is 1. The number of anilines is 1. The van der Waals surface area contributed by atoms with Crippen molar-refractivity contribution in [3.05, 3.63) is 16.6 Å². The van der Waals surface area contributed by atoms with Crippen molar-refractivity contribution >= 4 is 28.4 Å². The predicted molar refractivity (Wildman–Crippen MR) is 56.8 cm³/mol. The molecule has 0 aliphatic carbocycles. The van der Waals surface area contributed by atoms with Crippen LogP contribution in [-0.4, -0.2) is 25.7 Å². The van der Waals surface area contributed by atoms with Crippen molar-refractivity contribution in [1.29, 1.82) is 0 Å². The molecule has 0 saturated carbocycles. The van der Waals surface area contributed by atoms with Gasteiger partial charge in [0.15, 0.2) is 6.73 Å². The Bertz CT molecular complexity index is 343. The molecule has 5 heteroatoms. The highest BCUT2D eigenvalue weighted by molar-refractivity contribution is 9.10. The van der Waals surface area contributed by atoms with Crippen LogP contribution in [0, 0.1) is 0 Å². The number of hydrogen-bond donors (Lipinski definition) is 1. The monoisotopic (exact) mass is 259 g/mol. The summed E-state index contributed by atoms with van der Waals surface area (Å²) in [5, 5.41) is 9.32. The Morgan fingerprint density at radius 1 is 1.57 bits per heavy atom. The van der Waals surface area contributed by atoms with Crippen molar-refractivity contribution in [2.24, 2.45) is 0 Å². The van der Waals surface area contributed by atoms with Crippen molar-refractivity contribution in [2.45, 2.75) is 0 Å². The highest BCUT2D eigenvalue weighted by Crippen LogP contribution is 2.40. The molecule has 1 aromatic rings. The first-order valence-corrected chi connectivity index (χ1v) is 4.63. The standard InChI is InChI=1S/C8H8BrNO2.CH2O/c1-10-4-12-8-3-7(11)5(9)2-6(8)10;1-2/h2-3,11H,4H2,1H3;1H2. The van der Waals surface area contributed by atoms with Crippen LogP contribution in [-0.2, 0) is 4.79 Å². The Morgan fingerprint density at radius 2 is 2.21 bits per heavy atom. The van der Waals surface area contributed by atoms with E-state index in [9.17, 15) is 5.11 Å². The van der Waals surface area contributed by atoms with E-state index in [-0.39, 0.29) is 5.75 Å². The number of carbonyl (C=O) groups excluding carboxylic acids is 1. The van der Waals surface area contributed by atoms with Gasteiger partial charge >= 0.3 is 0 Å². The van der Waals surface area contributed by atoms with E-state index in [0.717, 1.165) is 11.4 Å². The van der Waals surface area contributed by atoms with Crippen LogP contribution < -0.4 is 9.64 Å². The molecule has 14 heavy (non-hydrogen) atoms. The van der Waals surface area contributed by atoms with Crippen LogP contribution in [0.4, 0.5) is 5.69 Å². The average Bonchev–Trinajstić information content (AvgIpc) is 2.53. The molecule has 0 aromatic heterocycles. The molecule has 0 fully saturated rings. The molecule has 0 bridgehead atoms. The van der Waals surface area contributed by atoms with Crippen LogP contribution in [0.15, 0.2) is 16.6 Å². The summed E-state index contributed by atoms with van der Waals surface area (Å²) >= 11 is 3.24. The molecule has 1 aliphatic heterocycles. The normalized spacial score (nSPS) is 12.6. The summed E-state index contributed by atoms with van der Waals surface area (Å²) in [5.74, 6) is 0.947. The molecule has 0 spiro atoms. The van der Waals surface area contributed by atoms with Gasteiger partial charge in [-0.05, 0) is 22.0 Å². The number of carbonyl (C=O) groups is 1. The van der Waals surface area contributed by atoms with E-state index < -0.39 is 0 Å². The van der Waals surface area contributed by atoms with Crippen molar-refractivity contribution in [3.8, 4) is 11.5 Å². The van der Waals surface area contributed by atoms with Gasteiger partial charge in [-0.3, -0.25) is 0 Å². The molecule has 0 unspecified atom stereocenters. The van der Waals surface area contributed by atoms with Gasteiger partial charge in [-0.15, -0.1) is 0 Å². The Morgan fingerprint density at radius 3 is 2.86 bits per heavy atom. The number of aromatic hydroxyl groups is 1. The van der Waals surface area contributed by atoms with Gasteiger partial charge in [0.1, 0.15) is 18.3 Å². The van der Waals surface area contributed by atoms with Gasteiger partial charge in [0.25, 0.3) is 0 Å². The molecular formula is C9H10BrNO3. The van der Waals surface area contributed by atoms with Gasteiger partial charge in [-0.1, -0.05) is 0 Å². The lowest BCUT2D eigenvalue weighted by atomic mass is 10.3. The first-order valence-electron chi connectivity index (χ1n) is 3.84. The second-order valence-electron chi connectivity index (χ2n) is 2.74. The smallest absolute Gasteiger partial charge is 0.161 e. The third kappa shape index (κ3) is 1.82. The summed E-state index contributed by atoms with van der Waals surface area (Å²) in [6.45, 7) is 2.55. The lowest BCUT2D eigenvalue weighted by Crippen LogP contribution is -2.14. The summed E-state index contributed by atoms with van der Waals surface area (Å²) < 4.78 is 5.98. The summed E-state index contributed by atoms with van der Waals surface area (Å²) in [5.41, 5.74) is 1.000. The Kier molecular flexibility index (Phi) is 3.35. The number of ether oxygens (including phenoxy) is 1. The molecule has 1 aliphatic rings. The topological polar surface area (TPSA) is 49.8 Å². The first kappa shape index (κ1) is 10.8. The van der Waals surface area contributed by atoms with Gasteiger partial charge in [-0.25, -0.2) is 0 Å². The van der Waals surface area contributed by atoms with Gasteiger partial charge < -0.3 is 19.5 Å². The zero-order chi connectivity index (χ0) is 10.7. The average molecular weight is 260 g/mol. The fraction of sp³-hybridized carbons (Fsp3) is 0.222. The molecule has 1 N–H and O–H groups in total. The minimum Gasteiger partial charge on any atom is -0.507 e. The van der Waals surface area contributed by atoms with Crippen LogP contribution in [0.5, 0.6) is 11.5 Å². The largest absolute Gasteiger partial charge is 0.507 e. The van der Waals surface area contributed by atoms with E-state index in [1.165, 1.54) is 0 Å². The molecule has 0 radical (unpaired) electrons. The maximum atomic E-state index is 9.32. The number of halogens is 1. The first-order chi connectivity index (χ1) is 6.68. The van der Waals surface area contributed by atoms with E-state index in [1.807, 2.05) is 24.8 Å². The summed E-state index contributed by atoms with van der Waals surface area (Å²) in [6, 6.07) is 3.46. The van der Waals surface area contributed by atoms with Gasteiger partial charge in [0, 0.05) is 13.1 Å². The fourth-order valence-corrected chi connectivity index (χ4v) is 1.51.